The van der Waals surface area contributed by atoms with Crippen LogP contribution in [0.2, 0.25) is 0 Å². The number of ether oxygens (including phenoxy) is 1. The van der Waals surface area contributed by atoms with Gasteiger partial charge in [-0.15, -0.1) is 0 Å². The molecule has 1 atom stereocenters. The number of nitrogens with zero attached hydrogens (tertiary/aromatic N) is 1. The van der Waals surface area contributed by atoms with Gasteiger partial charge >= 0.3 is 6.18 Å². The van der Waals surface area contributed by atoms with Gasteiger partial charge in [-0.1, -0.05) is 12.1 Å². The van der Waals surface area contributed by atoms with Gasteiger partial charge < -0.3 is 9.64 Å². The molecule has 1 amide bonds. The summed E-state index contributed by atoms with van der Waals surface area (Å²) >= 11 is 0. The third-order valence-electron chi connectivity index (χ3n) is 3.07. The summed E-state index contributed by atoms with van der Waals surface area (Å²) in [5.74, 6) is -3.02. The lowest BCUT2D eigenvalue weighted by atomic mass is 10.1. The molecule has 1 fully saturated rings. The van der Waals surface area contributed by atoms with E-state index in [0.717, 1.165) is 6.07 Å². The highest BCUT2D eigenvalue weighted by molar-refractivity contribution is 5.76. The van der Waals surface area contributed by atoms with Gasteiger partial charge in [-0.25, -0.2) is 8.78 Å². The second-order valence-electron chi connectivity index (χ2n) is 4.64. The zero-order valence-electron chi connectivity index (χ0n) is 10.8. The third-order valence-corrected chi connectivity index (χ3v) is 3.07. The van der Waals surface area contributed by atoms with E-state index < -0.39 is 42.9 Å². The normalized spacial score (nSPS) is 20.5. The predicted molar refractivity (Wildman–Crippen MR) is 62.3 cm³/mol. The zero-order valence-corrected chi connectivity index (χ0v) is 10.8. The number of carbonyl (C=O) groups is 1. The quantitative estimate of drug-likeness (QED) is 0.786. The van der Waals surface area contributed by atoms with Gasteiger partial charge in [0, 0.05) is 5.56 Å². The summed E-state index contributed by atoms with van der Waals surface area (Å²) in [5, 5.41) is 0. The fraction of sp³-hybridized carbons (Fsp3) is 0.462. The fourth-order valence-electron chi connectivity index (χ4n) is 2.13. The molecule has 0 aliphatic carbocycles. The monoisotopic (exact) mass is 309 g/mol. The Hall–Kier alpha value is -1.70. The summed E-state index contributed by atoms with van der Waals surface area (Å²) in [7, 11) is 0. The SMILES string of the molecule is O=C1CCOC(c2cccc(F)c2F)CN1CC(F)(F)F. The van der Waals surface area contributed by atoms with E-state index in [4.69, 9.17) is 4.74 Å². The van der Waals surface area contributed by atoms with E-state index in [1.807, 2.05) is 0 Å². The van der Waals surface area contributed by atoms with E-state index in [1.165, 1.54) is 12.1 Å². The Morgan fingerprint density at radius 2 is 2.00 bits per heavy atom. The molecule has 1 unspecified atom stereocenters. The molecule has 0 bridgehead atoms. The molecule has 0 spiro atoms. The smallest absolute Gasteiger partial charge is 0.371 e. The van der Waals surface area contributed by atoms with E-state index in [1.54, 1.807) is 0 Å². The molecule has 0 saturated carbocycles. The number of hydrogen-bond acceptors (Lipinski definition) is 2. The highest BCUT2D eigenvalue weighted by Gasteiger charge is 2.36. The van der Waals surface area contributed by atoms with E-state index in [-0.39, 0.29) is 18.6 Å². The van der Waals surface area contributed by atoms with Crippen LogP contribution in [0.1, 0.15) is 18.1 Å². The lowest BCUT2D eigenvalue weighted by Crippen LogP contribution is -2.40. The van der Waals surface area contributed by atoms with Gasteiger partial charge in [-0.05, 0) is 6.07 Å². The Labute approximate surface area is 117 Å². The van der Waals surface area contributed by atoms with Crippen LogP contribution in [0.25, 0.3) is 0 Å². The fourth-order valence-corrected chi connectivity index (χ4v) is 2.13. The summed E-state index contributed by atoms with van der Waals surface area (Å²) in [4.78, 5) is 12.2. The Morgan fingerprint density at radius 1 is 1.29 bits per heavy atom. The number of benzene rings is 1. The number of alkyl halides is 3. The largest absolute Gasteiger partial charge is 0.406 e. The zero-order chi connectivity index (χ0) is 15.6. The van der Waals surface area contributed by atoms with Crippen LogP contribution < -0.4 is 0 Å². The van der Waals surface area contributed by atoms with E-state index in [2.05, 4.69) is 0 Å². The van der Waals surface area contributed by atoms with Gasteiger partial charge in [0.05, 0.1) is 19.6 Å². The second-order valence-corrected chi connectivity index (χ2v) is 4.64. The van der Waals surface area contributed by atoms with Gasteiger partial charge in [-0.2, -0.15) is 13.2 Å². The van der Waals surface area contributed by atoms with E-state index in [0.29, 0.717) is 4.90 Å². The molecule has 1 saturated heterocycles. The van der Waals surface area contributed by atoms with Crippen molar-refractivity contribution in [3.05, 3.63) is 35.4 Å². The minimum Gasteiger partial charge on any atom is -0.371 e. The lowest BCUT2D eigenvalue weighted by Gasteiger charge is -2.25. The number of halogens is 5. The van der Waals surface area contributed by atoms with E-state index in [9.17, 15) is 26.7 Å². The maximum Gasteiger partial charge on any atom is 0.406 e. The number of rotatable bonds is 2. The molecule has 0 radical (unpaired) electrons. The molecule has 2 rings (SSSR count). The van der Waals surface area contributed by atoms with Gasteiger partial charge in [0.25, 0.3) is 0 Å². The molecule has 116 valence electrons. The van der Waals surface area contributed by atoms with Crippen LogP contribution in [0.5, 0.6) is 0 Å². The Balaban J connectivity index is 2.24. The van der Waals surface area contributed by atoms with Crippen LogP contribution in [-0.4, -0.2) is 36.7 Å². The van der Waals surface area contributed by atoms with Crippen LogP contribution >= 0.6 is 0 Å². The molecule has 0 N–H and O–H groups in total. The Bertz CT molecular complexity index is 532. The molecule has 8 heteroatoms. The highest BCUT2D eigenvalue weighted by Crippen LogP contribution is 2.27. The van der Waals surface area contributed by atoms with Crippen LogP contribution in [-0.2, 0) is 9.53 Å². The van der Waals surface area contributed by atoms with Crippen LogP contribution in [0, 0.1) is 11.6 Å². The third kappa shape index (κ3) is 3.90. The minimum atomic E-state index is -4.56. The van der Waals surface area contributed by atoms with Gasteiger partial charge in [-0.3, -0.25) is 4.79 Å². The number of amides is 1. The van der Waals surface area contributed by atoms with Crippen LogP contribution in [0.4, 0.5) is 22.0 Å². The van der Waals surface area contributed by atoms with Crippen molar-refractivity contribution in [2.24, 2.45) is 0 Å². The molecule has 1 aromatic carbocycles. The van der Waals surface area contributed by atoms with Crippen molar-refractivity contribution in [3.63, 3.8) is 0 Å². The standard InChI is InChI=1S/C13H12F5NO2/c14-9-3-1-2-8(12(9)15)10-6-19(7-13(16,17)18)11(20)4-5-21-10/h1-3,10H,4-7H2. The summed E-state index contributed by atoms with van der Waals surface area (Å²) in [6.45, 7) is -2.06. The summed E-state index contributed by atoms with van der Waals surface area (Å²) in [6, 6.07) is 3.36. The van der Waals surface area contributed by atoms with Crippen LogP contribution in [0.15, 0.2) is 18.2 Å². The number of hydrogen-bond donors (Lipinski definition) is 0. The van der Waals surface area contributed by atoms with E-state index >= 15 is 0 Å². The Kier molecular flexibility index (Phi) is 4.46. The molecule has 21 heavy (non-hydrogen) atoms. The summed E-state index contributed by atoms with van der Waals surface area (Å²) < 4.78 is 69.4. The first-order valence-electron chi connectivity index (χ1n) is 6.18. The Morgan fingerprint density at radius 3 is 2.67 bits per heavy atom. The maximum absolute atomic E-state index is 13.7. The number of carbonyl (C=O) groups excluding carboxylic acids is 1. The first-order valence-corrected chi connectivity index (χ1v) is 6.18. The molecule has 1 aliphatic heterocycles. The van der Waals surface area contributed by atoms with Crippen molar-refractivity contribution in [2.45, 2.75) is 18.7 Å². The minimum absolute atomic E-state index is 0.145. The predicted octanol–water partition coefficient (Wildman–Crippen LogP) is 2.82. The first kappa shape index (κ1) is 15.7. The van der Waals surface area contributed by atoms with Crippen molar-refractivity contribution in [3.8, 4) is 0 Å². The topological polar surface area (TPSA) is 29.5 Å². The maximum atomic E-state index is 13.7. The van der Waals surface area contributed by atoms with Crippen molar-refractivity contribution in [2.75, 3.05) is 19.7 Å². The van der Waals surface area contributed by atoms with Crippen molar-refractivity contribution in [1.82, 2.24) is 4.90 Å². The summed E-state index contributed by atoms with van der Waals surface area (Å²) in [6.07, 6.45) is -5.93. The molecule has 0 aromatic heterocycles. The molecule has 1 aromatic rings. The molecule has 1 aliphatic rings. The molecular weight excluding hydrogens is 297 g/mol. The van der Waals surface area contributed by atoms with Gasteiger partial charge in [0.15, 0.2) is 11.6 Å². The van der Waals surface area contributed by atoms with Crippen LogP contribution in [0.3, 0.4) is 0 Å². The van der Waals surface area contributed by atoms with Gasteiger partial charge in [0.1, 0.15) is 12.6 Å². The van der Waals surface area contributed by atoms with Crippen molar-refractivity contribution in [1.29, 1.82) is 0 Å². The summed E-state index contributed by atoms with van der Waals surface area (Å²) in [5.41, 5.74) is -0.197. The lowest BCUT2D eigenvalue weighted by molar-refractivity contribution is -0.161. The van der Waals surface area contributed by atoms with Gasteiger partial charge in [0.2, 0.25) is 5.91 Å². The molecule has 1 heterocycles. The van der Waals surface area contributed by atoms with Crippen molar-refractivity contribution >= 4 is 5.91 Å². The average Bonchev–Trinajstić information content (AvgIpc) is 2.54. The molecular formula is C13H12F5NO2. The second kappa shape index (κ2) is 5.97. The average molecular weight is 309 g/mol. The van der Waals surface area contributed by atoms with Crippen molar-refractivity contribution < 1.29 is 31.5 Å². The first-order chi connectivity index (χ1) is 9.78. The highest BCUT2D eigenvalue weighted by atomic mass is 19.4. The molecule has 3 nitrogen and oxygen atoms in total.